The number of amides is 2. The van der Waals surface area contributed by atoms with Crippen molar-refractivity contribution >= 4 is 34.5 Å². The number of thioether (sulfide) groups is 1. The fourth-order valence-electron chi connectivity index (χ4n) is 2.98. The molecular weight excluding hydrogens is 406 g/mol. The molecule has 0 saturated heterocycles. The van der Waals surface area contributed by atoms with Gasteiger partial charge in [-0.05, 0) is 31.2 Å². The van der Waals surface area contributed by atoms with E-state index in [1.807, 2.05) is 37.3 Å². The van der Waals surface area contributed by atoms with E-state index in [1.54, 1.807) is 12.1 Å². The summed E-state index contributed by atoms with van der Waals surface area (Å²) in [5.74, 6) is 0.829. The number of fused-ring (bicyclic) bond motifs is 1. The minimum absolute atomic E-state index is 0.0830. The highest BCUT2D eigenvalue weighted by Gasteiger charge is 2.20. The monoisotopic (exact) mass is 425 g/mol. The van der Waals surface area contributed by atoms with E-state index in [4.69, 9.17) is 14.6 Å². The maximum absolute atomic E-state index is 12.4. The fourth-order valence-corrected chi connectivity index (χ4v) is 3.73. The standard InChI is InChI=1S/C20H19N5O4S/c1-12(16-9-13-5-2-3-6-14(13)29-16)22-18(27)11-30-20-24-23-19(15-7-4-8-28-15)25(20)10-17(21)26/h2-9,12H,10-11H2,1H3,(H2,21,26)(H,22,27)/t12-/m0/s1. The summed E-state index contributed by atoms with van der Waals surface area (Å²) in [5.41, 5.74) is 6.12. The first-order valence-corrected chi connectivity index (χ1v) is 10.2. The maximum atomic E-state index is 12.4. The van der Waals surface area contributed by atoms with Crippen molar-refractivity contribution in [1.82, 2.24) is 20.1 Å². The summed E-state index contributed by atoms with van der Waals surface area (Å²) in [6, 6.07) is 12.7. The quantitative estimate of drug-likeness (QED) is 0.415. The number of hydrogen-bond donors (Lipinski definition) is 2. The van der Waals surface area contributed by atoms with Gasteiger partial charge in [0.15, 0.2) is 10.9 Å². The normalized spacial score (nSPS) is 12.2. The topological polar surface area (TPSA) is 129 Å². The molecule has 30 heavy (non-hydrogen) atoms. The molecule has 3 heterocycles. The summed E-state index contributed by atoms with van der Waals surface area (Å²) in [6.07, 6.45) is 1.50. The molecule has 4 aromatic rings. The molecule has 1 atom stereocenters. The van der Waals surface area contributed by atoms with Crippen molar-refractivity contribution < 1.29 is 18.4 Å². The van der Waals surface area contributed by atoms with Crippen LogP contribution in [0, 0.1) is 0 Å². The van der Waals surface area contributed by atoms with E-state index in [9.17, 15) is 9.59 Å². The van der Waals surface area contributed by atoms with Crippen LogP contribution < -0.4 is 11.1 Å². The molecule has 0 fully saturated rings. The molecule has 0 radical (unpaired) electrons. The van der Waals surface area contributed by atoms with Crippen LogP contribution in [0.1, 0.15) is 18.7 Å². The van der Waals surface area contributed by atoms with E-state index in [2.05, 4.69) is 15.5 Å². The number of hydrogen-bond acceptors (Lipinski definition) is 7. The Labute approximate surface area is 175 Å². The first kappa shape index (κ1) is 19.8. The number of carbonyl (C=O) groups excluding carboxylic acids is 2. The number of aromatic nitrogens is 3. The Bertz CT molecular complexity index is 1150. The summed E-state index contributed by atoms with van der Waals surface area (Å²) in [4.78, 5) is 23.9. The van der Waals surface area contributed by atoms with Gasteiger partial charge in [0, 0.05) is 5.39 Å². The van der Waals surface area contributed by atoms with Crippen molar-refractivity contribution in [3.05, 3.63) is 54.5 Å². The molecular formula is C20H19N5O4S. The van der Waals surface area contributed by atoms with Crippen LogP contribution in [-0.2, 0) is 16.1 Å². The predicted molar refractivity (Wildman–Crippen MR) is 110 cm³/mol. The van der Waals surface area contributed by atoms with Gasteiger partial charge >= 0.3 is 0 Å². The maximum Gasteiger partial charge on any atom is 0.237 e. The molecule has 0 aliphatic carbocycles. The molecule has 0 unspecified atom stereocenters. The van der Waals surface area contributed by atoms with Crippen LogP contribution in [0.15, 0.2) is 62.7 Å². The highest BCUT2D eigenvalue weighted by Crippen LogP contribution is 2.26. The average molecular weight is 425 g/mol. The van der Waals surface area contributed by atoms with Crippen molar-refractivity contribution in [2.45, 2.75) is 24.7 Å². The van der Waals surface area contributed by atoms with Crippen molar-refractivity contribution in [2.75, 3.05) is 5.75 Å². The van der Waals surface area contributed by atoms with Crippen LogP contribution in [0.5, 0.6) is 0 Å². The van der Waals surface area contributed by atoms with E-state index in [-0.39, 0.29) is 24.2 Å². The third-order valence-electron chi connectivity index (χ3n) is 4.35. The molecule has 154 valence electrons. The van der Waals surface area contributed by atoms with Gasteiger partial charge in [-0.3, -0.25) is 14.2 Å². The van der Waals surface area contributed by atoms with Gasteiger partial charge in [-0.25, -0.2) is 0 Å². The summed E-state index contributed by atoms with van der Waals surface area (Å²) >= 11 is 1.15. The number of rotatable bonds is 8. The van der Waals surface area contributed by atoms with Crippen LogP contribution in [0.2, 0.25) is 0 Å². The summed E-state index contributed by atoms with van der Waals surface area (Å²) in [6.45, 7) is 1.73. The van der Waals surface area contributed by atoms with Crippen LogP contribution in [0.4, 0.5) is 0 Å². The number of furan rings is 2. The van der Waals surface area contributed by atoms with E-state index in [0.717, 1.165) is 22.7 Å². The molecule has 0 saturated carbocycles. The Morgan fingerprint density at radius 3 is 2.80 bits per heavy atom. The number of nitrogens with one attached hydrogen (secondary N) is 1. The lowest BCUT2D eigenvalue weighted by Crippen LogP contribution is -2.28. The van der Waals surface area contributed by atoms with Crippen LogP contribution in [-0.4, -0.2) is 32.3 Å². The zero-order chi connectivity index (χ0) is 21.1. The van der Waals surface area contributed by atoms with Gasteiger partial charge in [0.2, 0.25) is 17.6 Å². The second-order valence-electron chi connectivity index (χ2n) is 6.60. The fraction of sp³-hybridized carbons (Fsp3) is 0.200. The van der Waals surface area contributed by atoms with Crippen molar-refractivity contribution in [1.29, 1.82) is 0 Å². The molecule has 4 rings (SSSR count). The third-order valence-corrected chi connectivity index (χ3v) is 5.32. The number of nitrogens with zero attached hydrogens (tertiary/aromatic N) is 3. The molecule has 3 N–H and O–H groups in total. The highest BCUT2D eigenvalue weighted by molar-refractivity contribution is 7.99. The molecule has 1 aromatic carbocycles. The number of carbonyl (C=O) groups is 2. The largest absolute Gasteiger partial charge is 0.461 e. The zero-order valence-corrected chi connectivity index (χ0v) is 16.9. The Hall–Kier alpha value is -3.53. The summed E-state index contributed by atoms with van der Waals surface area (Å²) < 4.78 is 12.7. The number of benzene rings is 1. The van der Waals surface area contributed by atoms with Gasteiger partial charge in [0.25, 0.3) is 0 Å². The van der Waals surface area contributed by atoms with Crippen molar-refractivity contribution in [3.63, 3.8) is 0 Å². The van der Waals surface area contributed by atoms with E-state index in [1.165, 1.54) is 10.8 Å². The minimum atomic E-state index is -0.549. The Morgan fingerprint density at radius 2 is 2.07 bits per heavy atom. The van der Waals surface area contributed by atoms with Gasteiger partial charge in [-0.15, -0.1) is 10.2 Å². The van der Waals surface area contributed by atoms with Gasteiger partial charge in [-0.1, -0.05) is 30.0 Å². The van der Waals surface area contributed by atoms with Crippen LogP contribution in [0.25, 0.3) is 22.6 Å². The molecule has 9 nitrogen and oxygen atoms in total. The van der Waals surface area contributed by atoms with Gasteiger partial charge in [0.05, 0.1) is 18.1 Å². The average Bonchev–Trinajstić information content (AvgIpc) is 3.45. The first-order chi connectivity index (χ1) is 14.5. The lowest BCUT2D eigenvalue weighted by Gasteiger charge is -2.11. The second-order valence-corrected chi connectivity index (χ2v) is 7.54. The van der Waals surface area contributed by atoms with E-state index >= 15 is 0 Å². The van der Waals surface area contributed by atoms with Gasteiger partial charge in [-0.2, -0.15) is 0 Å². The summed E-state index contributed by atoms with van der Waals surface area (Å²) in [7, 11) is 0. The molecule has 3 aromatic heterocycles. The van der Waals surface area contributed by atoms with Crippen molar-refractivity contribution in [2.24, 2.45) is 5.73 Å². The van der Waals surface area contributed by atoms with Crippen LogP contribution in [0.3, 0.4) is 0 Å². The lowest BCUT2D eigenvalue weighted by atomic mass is 10.2. The highest BCUT2D eigenvalue weighted by atomic mass is 32.2. The third kappa shape index (κ3) is 4.23. The van der Waals surface area contributed by atoms with Crippen molar-refractivity contribution in [3.8, 4) is 11.6 Å². The number of primary amides is 1. The molecule has 10 heteroatoms. The van der Waals surface area contributed by atoms with Gasteiger partial charge in [0.1, 0.15) is 17.9 Å². The van der Waals surface area contributed by atoms with E-state index < -0.39 is 5.91 Å². The zero-order valence-electron chi connectivity index (χ0n) is 16.1. The molecule has 0 aliphatic rings. The molecule has 0 aliphatic heterocycles. The SMILES string of the molecule is C[C@H](NC(=O)CSc1nnc(-c2ccco2)n1CC(N)=O)c1cc2ccccc2o1. The number of para-hydroxylation sites is 1. The Balaban J connectivity index is 1.42. The van der Waals surface area contributed by atoms with E-state index in [0.29, 0.717) is 22.5 Å². The first-order valence-electron chi connectivity index (χ1n) is 9.17. The Kier molecular flexibility index (Phi) is 5.57. The minimum Gasteiger partial charge on any atom is -0.461 e. The van der Waals surface area contributed by atoms with Gasteiger partial charge < -0.3 is 19.9 Å². The molecule has 0 bridgehead atoms. The Morgan fingerprint density at radius 1 is 1.23 bits per heavy atom. The smallest absolute Gasteiger partial charge is 0.237 e. The van der Waals surface area contributed by atoms with Crippen LogP contribution >= 0.6 is 11.8 Å². The molecule has 0 spiro atoms. The lowest BCUT2D eigenvalue weighted by molar-refractivity contribution is -0.119. The molecule has 2 amide bonds. The second kappa shape index (κ2) is 8.46. The number of nitrogens with two attached hydrogens (primary N) is 1. The predicted octanol–water partition coefficient (Wildman–Crippen LogP) is 2.74. The summed E-state index contributed by atoms with van der Waals surface area (Å²) in [5, 5.41) is 12.4.